The third-order valence-electron chi connectivity index (χ3n) is 5.42. The van der Waals surface area contributed by atoms with Gasteiger partial charge in [0.25, 0.3) is 5.91 Å². The zero-order chi connectivity index (χ0) is 19.7. The lowest BCUT2D eigenvalue weighted by Crippen LogP contribution is -2.35. The smallest absolute Gasteiger partial charge is 0.251 e. The predicted molar refractivity (Wildman–Crippen MR) is 110 cm³/mol. The Morgan fingerprint density at radius 1 is 1.11 bits per heavy atom. The quantitative estimate of drug-likeness (QED) is 0.717. The molecule has 1 fully saturated rings. The molecule has 1 saturated carbocycles. The summed E-state index contributed by atoms with van der Waals surface area (Å²) >= 11 is 0. The number of hydrogen-bond acceptors (Lipinski definition) is 2. The van der Waals surface area contributed by atoms with E-state index >= 15 is 0 Å². The number of nitrogens with zero attached hydrogens (tertiary/aromatic N) is 2. The van der Waals surface area contributed by atoms with Crippen molar-refractivity contribution < 1.29 is 9.59 Å². The van der Waals surface area contributed by atoms with Crippen molar-refractivity contribution in [1.82, 2.24) is 14.8 Å². The van der Waals surface area contributed by atoms with Crippen LogP contribution >= 0.6 is 0 Å². The van der Waals surface area contributed by atoms with Gasteiger partial charge in [0.15, 0.2) is 0 Å². The van der Waals surface area contributed by atoms with Gasteiger partial charge in [0.1, 0.15) is 6.54 Å². The summed E-state index contributed by atoms with van der Waals surface area (Å²) in [5.74, 6) is 0.0407. The van der Waals surface area contributed by atoms with Gasteiger partial charge in [-0.15, -0.1) is 0 Å². The van der Waals surface area contributed by atoms with Gasteiger partial charge in [-0.3, -0.25) is 9.59 Å². The van der Waals surface area contributed by atoms with Crippen LogP contribution < -0.4 is 5.32 Å². The number of aromatic nitrogens is 1. The number of benzene rings is 2. The predicted octanol–water partition coefficient (Wildman–Crippen LogP) is 3.50. The summed E-state index contributed by atoms with van der Waals surface area (Å²) in [4.78, 5) is 26.9. The van der Waals surface area contributed by atoms with E-state index in [-0.39, 0.29) is 11.8 Å². The molecule has 2 aromatic carbocycles. The second kappa shape index (κ2) is 7.50. The maximum Gasteiger partial charge on any atom is 0.251 e. The average Bonchev–Trinajstić information content (AvgIpc) is 3.50. The number of amides is 2. The molecule has 1 heterocycles. The van der Waals surface area contributed by atoms with Crippen molar-refractivity contribution in [1.29, 1.82) is 0 Å². The van der Waals surface area contributed by atoms with Crippen molar-refractivity contribution >= 4 is 22.7 Å². The lowest BCUT2D eigenvalue weighted by Gasteiger charge is -2.23. The van der Waals surface area contributed by atoms with E-state index in [0.29, 0.717) is 24.7 Å². The summed E-state index contributed by atoms with van der Waals surface area (Å²) in [6, 6.07) is 18.1. The van der Waals surface area contributed by atoms with Gasteiger partial charge in [0.2, 0.25) is 5.91 Å². The molecule has 5 heteroatoms. The molecule has 1 N–H and O–H groups in total. The van der Waals surface area contributed by atoms with Gasteiger partial charge >= 0.3 is 0 Å². The van der Waals surface area contributed by atoms with Crippen molar-refractivity contribution in [3.05, 3.63) is 71.4 Å². The molecule has 0 spiro atoms. The Morgan fingerprint density at radius 3 is 2.50 bits per heavy atom. The molecule has 0 unspecified atom stereocenters. The fourth-order valence-electron chi connectivity index (χ4n) is 3.69. The van der Waals surface area contributed by atoms with Gasteiger partial charge < -0.3 is 14.8 Å². The highest BCUT2D eigenvalue weighted by Gasteiger charge is 2.32. The molecular weight excluding hydrogens is 350 g/mol. The fourth-order valence-corrected chi connectivity index (χ4v) is 3.69. The molecule has 0 radical (unpaired) electrons. The number of hydrogen-bond donors (Lipinski definition) is 1. The monoisotopic (exact) mass is 375 g/mol. The van der Waals surface area contributed by atoms with E-state index in [1.165, 1.54) is 0 Å². The summed E-state index contributed by atoms with van der Waals surface area (Å²) in [6.45, 7) is 2.98. The average molecular weight is 375 g/mol. The van der Waals surface area contributed by atoms with Crippen molar-refractivity contribution in [2.45, 2.75) is 38.9 Å². The highest BCUT2D eigenvalue weighted by molar-refractivity contribution is 5.94. The largest absolute Gasteiger partial charge is 0.355 e. The highest BCUT2D eigenvalue weighted by Crippen LogP contribution is 2.29. The minimum absolute atomic E-state index is 0.100. The molecule has 0 aliphatic heterocycles. The molecule has 0 atom stereocenters. The zero-order valence-electron chi connectivity index (χ0n) is 16.3. The summed E-state index contributed by atoms with van der Waals surface area (Å²) in [5, 5.41) is 3.79. The first-order chi connectivity index (χ1) is 13.6. The number of para-hydroxylation sites is 1. The second-order valence-corrected chi connectivity index (χ2v) is 7.46. The molecule has 144 valence electrons. The van der Waals surface area contributed by atoms with E-state index in [1.807, 2.05) is 48.2 Å². The zero-order valence-corrected chi connectivity index (χ0v) is 16.3. The van der Waals surface area contributed by atoms with Crippen molar-refractivity contribution in [2.24, 2.45) is 0 Å². The number of fused-ring (bicyclic) bond motifs is 1. The van der Waals surface area contributed by atoms with Gasteiger partial charge in [-0.25, -0.2) is 0 Å². The Balaban J connectivity index is 1.52. The van der Waals surface area contributed by atoms with Gasteiger partial charge in [-0.1, -0.05) is 30.3 Å². The third-order valence-corrected chi connectivity index (χ3v) is 5.42. The van der Waals surface area contributed by atoms with E-state index in [2.05, 4.69) is 28.1 Å². The summed E-state index contributed by atoms with van der Waals surface area (Å²) in [7, 11) is 1.62. The van der Waals surface area contributed by atoms with Crippen molar-refractivity contribution in [3.63, 3.8) is 0 Å². The van der Waals surface area contributed by atoms with Crippen LogP contribution in [0.1, 0.15) is 34.5 Å². The standard InChI is InChI=1S/C23H25N3O2/c1-16-13-19-5-3-4-6-21(19)25(16)15-22(27)26(20-11-12-20)14-17-7-9-18(10-8-17)23(28)24-2/h3-10,13,20H,11-12,14-15H2,1-2H3,(H,24,28). The molecule has 1 aliphatic rings. The first-order valence-corrected chi connectivity index (χ1v) is 9.72. The molecule has 5 nitrogen and oxygen atoms in total. The van der Waals surface area contributed by atoms with Crippen LogP contribution in [0.4, 0.5) is 0 Å². The summed E-state index contributed by atoms with van der Waals surface area (Å²) in [5.41, 5.74) is 3.87. The van der Waals surface area contributed by atoms with Crippen LogP contribution in [0.2, 0.25) is 0 Å². The van der Waals surface area contributed by atoms with Gasteiger partial charge in [-0.2, -0.15) is 0 Å². The highest BCUT2D eigenvalue weighted by atomic mass is 16.2. The molecule has 0 saturated heterocycles. The number of carbonyl (C=O) groups is 2. The first kappa shape index (κ1) is 18.3. The van der Waals surface area contributed by atoms with Crippen LogP contribution in [-0.2, 0) is 17.9 Å². The first-order valence-electron chi connectivity index (χ1n) is 9.72. The van der Waals surface area contributed by atoms with E-state index in [9.17, 15) is 9.59 Å². The van der Waals surface area contributed by atoms with E-state index in [4.69, 9.17) is 0 Å². The number of rotatable bonds is 6. The van der Waals surface area contributed by atoms with Crippen LogP contribution in [0.5, 0.6) is 0 Å². The van der Waals surface area contributed by atoms with Crippen LogP contribution in [0.3, 0.4) is 0 Å². The van der Waals surface area contributed by atoms with E-state index < -0.39 is 0 Å². The molecule has 2 amide bonds. The SMILES string of the molecule is CNC(=O)c1ccc(CN(C(=O)Cn2c(C)cc3ccccc32)C2CC2)cc1. The molecule has 0 bridgehead atoms. The van der Waals surface area contributed by atoms with E-state index in [0.717, 1.165) is 35.0 Å². The topological polar surface area (TPSA) is 54.3 Å². The van der Waals surface area contributed by atoms with Crippen molar-refractivity contribution in [3.8, 4) is 0 Å². The number of nitrogens with one attached hydrogen (secondary N) is 1. The molecule has 3 aromatic rings. The lowest BCUT2D eigenvalue weighted by molar-refractivity contribution is -0.133. The Hall–Kier alpha value is -3.08. The Bertz CT molecular complexity index is 1020. The summed E-state index contributed by atoms with van der Waals surface area (Å²) in [6.07, 6.45) is 2.13. The third kappa shape index (κ3) is 3.65. The van der Waals surface area contributed by atoms with Gasteiger partial charge in [0.05, 0.1) is 0 Å². The maximum absolute atomic E-state index is 13.2. The number of aryl methyl sites for hydroxylation is 1. The van der Waals surface area contributed by atoms with Crippen LogP contribution in [-0.4, -0.2) is 34.4 Å². The maximum atomic E-state index is 13.2. The van der Waals surface area contributed by atoms with Crippen LogP contribution in [0.25, 0.3) is 10.9 Å². The Labute approximate surface area is 165 Å². The normalized spacial score (nSPS) is 13.5. The molecule has 1 aromatic heterocycles. The van der Waals surface area contributed by atoms with Gasteiger partial charge in [0, 0.05) is 36.4 Å². The molecule has 28 heavy (non-hydrogen) atoms. The molecule has 1 aliphatic carbocycles. The summed E-state index contributed by atoms with van der Waals surface area (Å²) < 4.78 is 2.10. The fraction of sp³-hybridized carbons (Fsp3) is 0.304. The minimum atomic E-state index is -0.100. The minimum Gasteiger partial charge on any atom is -0.355 e. The van der Waals surface area contributed by atoms with E-state index in [1.54, 1.807) is 7.05 Å². The van der Waals surface area contributed by atoms with Crippen molar-refractivity contribution in [2.75, 3.05) is 7.05 Å². The lowest BCUT2D eigenvalue weighted by atomic mass is 10.1. The molecule has 4 rings (SSSR count). The molecular formula is C23H25N3O2. The van der Waals surface area contributed by atoms with Crippen LogP contribution in [0.15, 0.2) is 54.6 Å². The number of carbonyl (C=O) groups excluding carboxylic acids is 2. The van der Waals surface area contributed by atoms with Crippen LogP contribution in [0, 0.1) is 6.92 Å². The van der Waals surface area contributed by atoms with Gasteiger partial charge in [-0.05, 0) is 55.0 Å². The Kier molecular flexibility index (Phi) is 4.90. The second-order valence-electron chi connectivity index (χ2n) is 7.46. The Morgan fingerprint density at radius 2 is 1.82 bits per heavy atom.